The van der Waals surface area contributed by atoms with Gasteiger partial charge in [-0.1, -0.05) is 0 Å². The van der Waals surface area contributed by atoms with Crippen LogP contribution in [0.25, 0.3) is 0 Å². The molecular weight excluding hydrogens is 264 g/mol. The van der Waals surface area contributed by atoms with Gasteiger partial charge in [-0.2, -0.15) is 0 Å². The van der Waals surface area contributed by atoms with Crippen molar-refractivity contribution in [3.63, 3.8) is 0 Å². The summed E-state index contributed by atoms with van der Waals surface area (Å²) in [6, 6.07) is 0. The third-order valence-corrected chi connectivity index (χ3v) is 2.55. The van der Waals surface area contributed by atoms with E-state index in [-0.39, 0.29) is 18.8 Å². The first kappa shape index (κ1) is 16.6. The predicted octanol–water partition coefficient (Wildman–Crippen LogP) is 1.32. The maximum Gasteiger partial charge on any atom is 0.410 e. The standard InChI is InChI=1S/C13H24N2O5/c1-13(2,3)20-12(17)15-6-7-18-10(8-15)9-19-11(16)14(4)5/h10H,6-9H2,1-5H3. The van der Waals surface area contributed by atoms with Crippen molar-refractivity contribution in [2.75, 3.05) is 40.4 Å². The number of carbonyl (C=O) groups excluding carboxylic acids is 2. The van der Waals surface area contributed by atoms with E-state index in [1.807, 2.05) is 20.8 Å². The smallest absolute Gasteiger partial charge is 0.410 e. The van der Waals surface area contributed by atoms with Gasteiger partial charge in [0.15, 0.2) is 0 Å². The van der Waals surface area contributed by atoms with Gasteiger partial charge in [0, 0.05) is 20.6 Å². The summed E-state index contributed by atoms with van der Waals surface area (Å²) in [4.78, 5) is 26.2. The molecule has 1 rings (SSSR count). The molecule has 0 aromatic heterocycles. The Hall–Kier alpha value is -1.50. The minimum atomic E-state index is -0.526. The summed E-state index contributed by atoms with van der Waals surface area (Å²) >= 11 is 0. The van der Waals surface area contributed by atoms with E-state index < -0.39 is 11.7 Å². The van der Waals surface area contributed by atoms with Gasteiger partial charge >= 0.3 is 12.2 Å². The van der Waals surface area contributed by atoms with Gasteiger partial charge in [-0.15, -0.1) is 0 Å². The van der Waals surface area contributed by atoms with Crippen LogP contribution in [-0.4, -0.2) is 74.1 Å². The van der Waals surface area contributed by atoms with Crippen molar-refractivity contribution in [1.82, 2.24) is 9.80 Å². The van der Waals surface area contributed by atoms with Gasteiger partial charge < -0.3 is 24.0 Å². The van der Waals surface area contributed by atoms with E-state index in [1.165, 1.54) is 4.90 Å². The molecule has 0 saturated carbocycles. The molecule has 20 heavy (non-hydrogen) atoms. The highest BCUT2D eigenvalue weighted by atomic mass is 16.6. The number of ether oxygens (including phenoxy) is 3. The van der Waals surface area contributed by atoms with E-state index in [9.17, 15) is 9.59 Å². The van der Waals surface area contributed by atoms with E-state index in [0.717, 1.165) is 0 Å². The molecule has 2 amide bonds. The Morgan fingerprint density at radius 1 is 1.35 bits per heavy atom. The zero-order valence-corrected chi connectivity index (χ0v) is 12.8. The third kappa shape index (κ3) is 5.64. The number of carbonyl (C=O) groups is 2. The lowest BCUT2D eigenvalue weighted by Gasteiger charge is -2.34. The number of hydrogen-bond donors (Lipinski definition) is 0. The van der Waals surface area contributed by atoms with Crippen LogP contribution in [0.15, 0.2) is 0 Å². The quantitative estimate of drug-likeness (QED) is 0.766. The summed E-state index contributed by atoms with van der Waals surface area (Å²) in [5.74, 6) is 0. The molecule has 1 aliphatic heterocycles. The molecule has 0 aromatic rings. The minimum absolute atomic E-state index is 0.121. The molecule has 1 aliphatic rings. The molecule has 0 N–H and O–H groups in total. The molecule has 0 radical (unpaired) electrons. The summed E-state index contributed by atoms with van der Waals surface area (Å²) in [5.41, 5.74) is -0.526. The molecule has 7 heteroatoms. The van der Waals surface area contributed by atoms with Gasteiger partial charge in [-0.05, 0) is 20.8 Å². The second-order valence-corrected chi connectivity index (χ2v) is 5.89. The van der Waals surface area contributed by atoms with Crippen LogP contribution in [-0.2, 0) is 14.2 Å². The van der Waals surface area contributed by atoms with Crippen molar-refractivity contribution in [3.05, 3.63) is 0 Å². The summed E-state index contributed by atoms with van der Waals surface area (Å²) in [7, 11) is 3.22. The van der Waals surface area contributed by atoms with Crippen LogP contribution in [0, 0.1) is 0 Å². The van der Waals surface area contributed by atoms with Gasteiger partial charge in [-0.25, -0.2) is 9.59 Å². The van der Waals surface area contributed by atoms with Crippen molar-refractivity contribution in [2.24, 2.45) is 0 Å². The molecule has 1 atom stereocenters. The Morgan fingerprint density at radius 2 is 2.00 bits per heavy atom. The molecular formula is C13H24N2O5. The molecule has 0 bridgehead atoms. The van der Waals surface area contributed by atoms with Gasteiger partial charge in [-0.3, -0.25) is 0 Å². The number of nitrogens with zero attached hydrogens (tertiary/aromatic N) is 2. The van der Waals surface area contributed by atoms with E-state index in [2.05, 4.69) is 0 Å². The van der Waals surface area contributed by atoms with Crippen molar-refractivity contribution in [3.8, 4) is 0 Å². The molecule has 7 nitrogen and oxygen atoms in total. The summed E-state index contributed by atoms with van der Waals surface area (Å²) in [6.07, 6.45) is -1.12. The second kappa shape index (κ2) is 6.78. The highest BCUT2D eigenvalue weighted by Crippen LogP contribution is 2.13. The summed E-state index contributed by atoms with van der Waals surface area (Å²) in [5, 5.41) is 0. The highest BCUT2D eigenvalue weighted by molar-refractivity contribution is 5.68. The van der Waals surface area contributed by atoms with E-state index in [4.69, 9.17) is 14.2 Å². The van der Waals surface area contributed by atoms with E-state index >= 15 is 0 Å². The first-order valence-electron chi connectivity index (χ1n) is 6.62. The first-order chi connectivity index (χ1) is 9.19. The average Bonchev–Trinajstić information content (AvgIpc) is 2.34. The summed E-state index contributed by atoms with van der Waals surface area (Å²) in [6.45, 7) is 6.83. The fourth-order valence-electron chi connectivity index (χ4n) is 1.61. The molecule has 0 aliphatic carbocycles. The van der Waals surface area contributed by atoms with Crippen molar-refractivity contribution < 1.29 is 23.8 Å². The topological polar surface area (TPSA) is 68.3 Å². The fraction of sp³-hybridized carbons (Fsp3) is 0.846. The molecule has 116 valence electrons. The molecule has 1 unspecified atom stereocenters. The monoisotopic (exact) mass is 288 g/mol. The lowest BCUT2D eigenvalue weighted by molar-refractivity contribution is -0.0629. The molecule has 0 aromatic carbocycles. The van der Waals surface area contributed by atoms with Crippen LogP contribution in [0.3, 0.4) is 0 Å². The number of morpholine rings is 1. The average molecular weight is 288 g/mol. The van der Waals surface area contributed by atoms with Gasteiger partial charge in [0.2, 0.25) is 0 Å². The van der Waals surface area contributed by atoms with Gasteiger partial charge in [0.25, 0.3) is 0 Å². The number of rotatable bonds is 2. The van der Waals surface area contributed by atoms with Crippen LogP contribution < -0.4 is 0 Å². The largest absolute Gasteiger partial charge is 0.447 e. The highest BCUT2D eigenvalue weighted by Gasteiger charge is 2.28. The minimum Gasteiger partial charge on any atom is -0.447 e. The maximum atomic E-state index is 11.9. The van der Waals surface area contributed by atoms with Crippen LogP contribution >= 0.6 is 0 Å². The summed E-state index contributed by atoms with van der Waals surface area (Å²) < 4.78 is 15.8. The second-order valence-electron chi connectivity index (χ2n) is 5.89. The molecule has 1 saturated heterocycles. The van der Waals surface area contributed by atoms with Gasteiger partial charge in [0.05, 0.1) is 13.2 Å². The van der Waals surface area contributed by atoms with Crippen molar-refractivity contribution in [1.29, 1.82) is 0 Å². The first-order valence-corrected chi connectivity index (χ1v) is 6.62. The molecule has 1 fully saturated rings. The van der Waals surface area contributed by atoms with Crippen LogP contribution in [0.5, 0.6) is 0 Å². The lowest BCUT2D eigenvalue weighted by Crippen LogP contribution is -2.49. The van der Waals surface area contributed by atoms with Crippen molar-refractivity contribution >= 4 is 12.2 Å². The van der Waals surface area contributed by atoms with Crippen LogP contribution in [0.2, 0.25) is 0 Å². The van der Waals surface area contributed by atoms with Crippen LogP contribution in [0.1, 0.15) is 20.8 Å². The lowest BCUT2D eigenvalue weighted by atomic mass is 10.2. The zero-order chi connectivity index (χ0) is 15.3. The predicted molar refractivity (Wildman–Crippen MR) is 72.6 cm³/mol. The van der Waals surface area contributed by atoms with E-state index in [0.29, 0.717) is 19.7 Å². The van der Waals surface area contributed by atoms with Crippen LogP contribution in [0.4, 0.5) is 9.59 Å². The molecule has 1 heterocycles. The Bertz CT molecular complexity index is 351. The number of amides is 2. The fourth-order valence-corrected chi connectivity index (χ4v) is 1.61. The van der Waals surface area contributed by atoms with Crippen molar-refractivity contribution in [2.45, 2.75) is 32.5 Å². The molecule has 0 spiro atoms. The Morgan fingerprint density at radius 3 is 2.55 bits per heavy atom. The van der Waals surface area contributed by atoms with Gasteiger partial charge in [0.1, 0.15) is 18.3 Å². The Labute approximate surface area is 119 Å². The number of hydrogen-bond acceptors (Lipinski definition) is 5. The normalized spacial score (nSPS) is 19.4. The zero-order valence-electron chi connectivity index (χ0n) is 12.8. The Kier molecular flexibility index (Phi) is 5.62. The third-order valence-electron chi connectivity index (χ3n) is 2.55. The SMILES string of the molecule is CN(C)C(=O)OCC1CN(C(=O)OC(C)(C)C)CCO1. The van der Waals surface area contributed by atoms with E-state index in [1.54, 1.807) is 19.0 Å². The maximum absolute atomic E-state index is 11.9. The Balaban J connectivity index is 2.42.